The van der Waals surface area contributed by atoms with E-state index >= 15 is 0 Å². The fourth-order valence-corrected chi connectivity index (χ4v) is 2.05. The third kappa shape index (κ3) is 10.1. The minimum absolute atomic E-state index is 0. The van der Waals surface area contributed by atoms with Crippen LogP contribution in [0, 0.1) is 34.6 Å². The van der Waals surface area contributed by atoms with E-state index < -0.39 is 0 Å². The van der Waals surface area contributed by atoms with Gasteiger partial charge >= 0.3 is 26.2 Å². The van der Waals surface area contributed by atoms with Crippen LogP contribution in [0.5, 0.6) is 0 Å². The first-order valence-electron chi connectivity index (χ1n) is 8.24. The Labute approximate surface area is 171 Å². The fraction of sp³-hybridized carbons (Fsp3) is 0.318. The Bertz CT molecular complexity index is 445. The summed E-state index contributed by atoms with van der Waals surface area (Å²) in [5.74, 6) is 0. The molecule has 0 bridgehead atoms. The normalized spacial score (nSPS) is 8.46. The summed E-state index contributed by atoms with van der Waals surface area (Å²) in [4.78, 5) is 0. The smallest absolute Gasteiger partial charge is 0.214 e. The molecular formula is C22H32SiZr. The second-order valence-corrected chi connectivity index (χ2v) is 6.78. The summed E-state index contributed by atoms with van der Waals surface area (Å²) in [6.45, 7) is 15.4. The summed E-state index contributed by atoms with van der Waals surface area (Å²) >= 11 is 0. The predicted molar refractivity (Wildman–Crippen MR) is 109 cm³/mol. The van der Waals surface area contributed by atoms with Crippen LogP contribution >= 0.6 is 0 Å². The zero-order chi connectivity index (χ0) is 17.7. The Morgan fingerprint density at radius 1 is 0.708 bits per heavy atom. The van der Waals surface area contributed by atoms with E-state index in [0.29, 0.717) is 0 Å². The summed E-state index contributed by atoms with van der Waals surface area (Å²) in [6.07, 6.45) is 0. The molecule has 0 aromatic heterocycles. The zero-order valence-corrected chi connectivity index (χ0v) is 20.0. The van der Waals surface area contributed by atoms with Gasteiger partial charge in [0.2, 0.25) is 0 Å². The van der Waals surface area contributed by atoms with Crippen molar-refractivity contribution in [3.05, 3.63) is 88.5 Å². The monoisotopic (exact) mass is 414 g/mol. The largest absolute Gasteiger partial charge is 3.00 e. The topological polar surface area (TPSA) is 0 Å². The maximum absolute atomic E-state index is 2.21. The number of rotatable bonds is 0. The summed E-state index contributed by atoms with van der Waals surface area (Å²) in [5.41, 5.74) is 7.34. The van der Waals surface area contributed by atoms with Crippen molar-refractivity contribution >= 4 is 9.52 Å². The molecule has 0 fully saturated rings. The molecule has 0 amide bonds. The molecule has 0 spiro atoms. The van der Waals surface area contributed by atoms with Crippen LogP contribution in [-0.2, 0) is 26.2 Å². The first-order chi connectivity index (χ1) is 11.0. The molecule has 0 aliphatic carbocycles. The quantitative estimate of drug-likeness (QED) is 0.299. The van der Waals surface area contributed by atoms with E-state index in [-0.39, 0.29) is 26.2 Å². The number of hydrogen-bond acceptors (Lipinski definition) is 0. The van der Waals surface area contributed by atoms with E-state index in [1.807, 2.05) is 60.7 Å². The van der Waals surface area contributed by atoms with E-state index in [1.54, 1.807) is 0 Å². The van der Waals surface area contributed by atoms with Gasteiger partial charge in [0.1, 0.15) is 0 Å². The molecule has 128 valence electrons. The van der Waals surface area contributed by atoms with Gasteiger partial charge in [-0.05, 0) is 0 Å². The summed E-state index contributed by atoms with van der Waals surface area (Å²) in [7, 11) is 0.750. The average molecular weight is 416 g/mol. The van der Waals surface area contributed by atoms with Crippen molar-refractivity contribution in [2.75, 3.05) is 0 Å². The van der Waals surface area contributed by atoms with Crippen LogP contribution in [0.15, 0.2) is 60.7 Å². The first kappa shape index (κ1) is 25.4. The molecule has 0 N–H and O–H groups in total. The second kappa shape index (κ2) is 15.7. The van der Waals surface area contributed by atoms with Crippen LogP contribution in [0.2, 0.25) is 13.1 Å². The van der Waals surface area contributed by atoms with E-state index in [2.05, 4.69) is 47.7 Å². The minimum atomic E-state index is 0. The molecule has 2 radical (unpaired) electrons. The maximum Gasteiger partial charge on any atom is 3.00 e. The van der Waals surface area contributed by atoms with Gasteiger partial charge in [-0.2, -0.15) is 64.2 Å². The van der Waals surface area contributed by atoms with Crippen molar-refractivity contribution in [3.8, 4) is 0 Å². The Morgan fingerprint density at radius 3 is 1.04 bits per heavy atom. The molecule has 0 aliphatic rings. The molecule has 0 nitrogen and oxygen atoms in total. The predicted octanol–water partition coefficient (Wildman–Crippen LogP) is 6.28. The Morgan fingerprint density at radius 2 is 0.958 bits per heavy atom. The van der Waals surface area contributed by atoms with Gasteiger partial charge in [-0.3, -0.25) is 0 Å². The summed E-state index contributed by atoms with van der Waals surface area (Å²) in [5, 5.41) is 0. The van der Waals surface area contributed by atoms with Gasteiger partial charge in [0.05, 0.1) is 0 Å². The first-order valence-corrected chi connectivity index (χ1v) is 10.5. The maximum atomic E-state index is 2.21. The molecule has 0 heterocycles. The molecule has 0 atom stereocenters. The molecule has 0 aliphatic heterocycles. The van der Waals surface area contributed by atoms with Gasteiger partial charge in [-0.25, -0.2) is 24.3 Å². The van der Waals surface area contributed by atoms with Gasteiger partial charge in [-0.1, -0.05) is 47.7 Å². The van der Waals surface area contributed by atoms with Crippen LogP contribution in [0.4, 0.5) is 0 Å². The summed E-state index contributed by atoms with van der Waals surface area (Å²) < 4.78 is 0. The summed E-state index contributed by atoms with van der Waals surface area (Å²) in [6, 6.07) is 20.0. The molecular weight excluding hydrogens is 384 g/mol. The molecule has 3 rings (SSSR count). The molecule has 3 aromatic rings. The van der Waals surface area contributed by atoms with Crippen LogP contribution in [-0.4, -0.2) is 9.52 Å². The second-order valence-electron chi connectivity index (χ2n) is 5.63. The van der Waals surface area contributed by atoms with Crippen molar-refractivity contribution in [2.45, 2.75) is 47.7 Å². The molecule has 0 saturated heterocycles. The third-order valence-electron chi connectivity index (χ3n) is 3.92. The number of hydrogen-bond donors (Lipinski definition) is 0. The standard InChI is InChI=1S/C10H15.2C5H5.C2H7Si.Zr/c1-6-7(2)9(4)10(5)8(6)3;2*1-2-4-5-3-1;1-3-2;/h1-5H3;2*1-5H;3H,1-2H3;/q3*-1;;+3. The van der Waals surface area contributed by atoms with Crippen molar-refractivity contribution < 1.29 is 26.2 Å². The van der Waals surface area contributed by atoms with Crippen LogP contribution in [0.1, 0.15) is 27.8 Å². The van der Waals surface area contributed by atoms with Crippen LogP contribution < -0.4 is 0 Å². The van der Waals surface area contributed by atoms with Gasteiger partial charge in [0.25, 0.3) is 0 Å². The van der Waals surface area contributed by atoms with Gasteiger partial charge in [0, 0.05) is 9.52 Å². The molecule has 0 unspecified atom stereocenters. The Hall–Kier alpha value is -0.850. The van der Waals surface area contributed by atoms with E-state index in [9.17, 15) is 0 Å². The van der Waals surface area contributed by atoms with Crippen molar-refractivity contribution in [1.82, 2.24) is 0 Å². The van der Waals surface area contributed by atoms with E-state index in [0.717, 1.165) is 9.52 Å². The molecule has 2 heteroatoms. The van der Waals surface area contributed by atoms with Crippen LogP contribution in [0.3, 0.4) is 0 Å². The van der Waals surface area contributed by atoms with Gasteiger partial charge < -0.3 is 0 Å². The van der Waals surface area contributed by atoms with Crippen LogP contribution in [0.25, 0.3) is 0 Å². The SMILES string of the molecule is C[SiH]C.Cc1c(C)c(C)[c-](C)c1C.[Zr+3].c1cc[cH-]c1.c1cc[cH-]c1. The van der Waals surface area contributed by atoms with Crippen molar-refractivity contribution in [2.24, 2.45) is 0 Å². The van der Waals surface area contributed by atoms with Crippen molar-refractivity contribution in [1.29, 1.82) is 0 Å². The third-order valence-corrected chi connectivity index (χ3v) is 3.92. The molecule has 3 aromatic carbocycles. The Kier molecular flexibility index (Phi) is 16.6. The molecule has 0 saturated carbocycles. The fourth-order valence-electron chi connectivity index (χ4n) is 2.05. The minimum Gasteiger partial charge on any atom is -0.214 e. The van der Waals surface area contributed by atoms with E-state index in [1.165, 1.54) is 27.8 Å². The molecule has 24 heavy (non-hydrogen) atoms. The zero-order valence-electron chi connectivity index (χ0n) is 16.4. The van der Waals surface area contributed by atoms with Crippen molar-refractivity contribution in [3.63, 3.8) is 0 Å². The average Bonchev–Trinajstić information content (AvgIpc) is 3.31. The van der Waals surface area contributed by atoms with Gasteiger partial charge in [0.15, 0.2) is 0 Å². The van der Waals surface area contributed by atoms with E-state index in [4.69, 9.17) is 0 Å². The van der Waals surface area contributed by atoms with Gasteiger partial charge in [-0.15, -0.1) is 0 Å². The Balaban J connectivity index is 0.